The first kappa shape index (κ1) is 11.2. The van der Waals surface area contributed by atoms with Crippen molar-refractivity contribution >= 4 is 0 Å². The highest BCUT2D eigenvalue weighted by Gasteiger charge is 2.05. The third kappa shape index (κ3) is 2.56. The van der Waals surface area contributed by atoms with E-state index < -0.39 is 0 Å². The summed E-state index contributed by atoms with van der Waals surface area (Å²) >= 11 is 0. The SMILES string of the molecule is CCc1cc(CC)cc([C@@H](N)CN)c1. The predicted octanol–water partition coefficient (Wildman–Crippen LogP) is 1.77. The molecule has 0 heterocycles. The molecule has 0 unspecified atom stereocenters. The molecule has 14 heavy (non-hydrogen) atoms. The van der Waals surface area contributed by atoms with Crippen molar-refractivity contribution in [3.8, 4) is 0 Å². The van der Waals surface area contributed by atoms with Gasteiger partial charge in [-0.05, 0) is 29.5 Å². The fourth-order valence-electron chi connectivity index (χ4n) is 1.55. The molecule has 0 saturated carbocycles. The molecule has 1 rings (SSSR count). The minimum Gasteiger partial charge on any atom is -0.329 e. The maximum atomic E-state index is 5.92. The molecular weight excluding hydrogens is 172 g/mol. The van der Waals surface area contributed by atoms with Crippen LogP contribution in [0.2, 0.25) is 0 Å². The van der Waals surface area contributed by atoms with E-state index >= 15 is 0 Å². The summed E-state index contributed by atoms with van der Waals surface area (Å²) in [6.45, 7) is 4.83. The van der Waals surface area contributed by atoms with Gasteiger partial charge in [-0.2, -0.15) is 0 Å². The third-order valence-electron chi connectivity index (χ3n) is 2.57. The summed E-state index contributed by atoms with van der Waals surface area (Å²) in [5.74, 6) is 0. The smallest absolute Gasteiger partial charge is 0.0419 e. The van der Waals surface area contributed by atoms with Crippen molar-refractivity contribution in [2.45, 2.75) is 32.7 Å². The van der Waals surface area contributed by atoms with Gasteiger partial charge in [0.15, 0.2) is 0 Å². The molecule has 2 nitrogen and oxygen atoms in total. The molecule has 0 spiro atoms. The van der Waals surface area contributed by atoms with Crippen LogP contribution in [-0.2, 0) is 12.8 Å². The van der Waals surface area contributed by atoms with E-state index in [4.69, 9.17) is 11.5 Å². The van der Waals surface area contributed by atoms with Gasteiger partial charge < -0.3 is 11.5 Å². The molecule has 78 valence electrons. The summed E-state index contributed by atoms with van der Waals surface area (Å²) in [5, 5.41) is 0. The Bertz CT molecular complexity index is 272. The van der Waals surface area contributed by atoms with E-state index in [1.807, 2.05) is 0 Å². The number of benzene rings is 1. The van der Waals surface area contributed by atoms with Crippen molar-refractivity contribution in [3.63, 3.8) is 0 Å². The normalized spacial score (nSPS) is 12.9. The van der Waals surface area contributed by atoms with Crippen molar-refractivity contribution < 1.29 is 0 Å². The molecular formula is C12H20N2. The molecule has 1 aromatic rings. The maximum Gasteiger partial charge on any atom is 0.0419 e. The van der Waals surface area contributed by atoms with Crippen LogP contribution in [0.4, 0.5) is 0 Å². The molecule has 0 aliphatic heterocycles. The fraction of sp³-hybridized carbons (Fsp3) is 0.500. The molecule has 0 fully saturated rings. The lowest BCUT2D eigenvalue weighted by molar-refractivity contribution is 0.734. The van der Waals surface area contributed by atoms with Gasteiger partial charge in [0, 0.05) is 12.6 Å². The minimum atomic E-state index is -0.0215. The van der Waals surface area contributed by atoms with E-state index in [-0.39, 0.29) is 6.04 Å². The highest BCUT2D eigenvalue weighted by molar-refractivity contribution is 5.32. The summed E-state index contributed by atoms with van der Waals surface area (Å²) in [4.78, 5) is 0. The molecule has 1 atom stereocenters. The summed E-state index contributed by atoms with van der Waals surface area (Å²) in [7, 11) is 0. The second-order valence-corrected chi connectivity index (χ2v) is 3.63. The van der Waals surface area contributed by atoms with Gasteiger partial charge in [-0.15, -0.1) is 0 Å². The van der Waals surface area contributed by atoms with Crippen LogP contribution in [0.25, 0.3) is 0 Å². The minimum absolute atomic E-state index is 0.0215. The van der Waals surface area contributed by atoms with Gasteiger partial charge in [0.1, 0.15) is 0 Å². The highest BCUT2D eigenvalue weighted by Crippen LogP contribution is 2.16. The number of hydrogen-bond acceptors (Lipinski definition) is 2. The quantitative estimate of drug-likeness (QED) is 0.764. The lowest BCUT2D eigenvalue weighted by Gasteiger charge is -2.12. The Balaban J connectivity index is 3.04. The first-order valence-corrected chi connectivity index (χ1v) is 5.29. The van der Waals surface area contributed by atoms with Crippen LogP contribution in [0.1, 0.15) is 36.6 Å². The summed E-state index contributed by atoms with van der Waals surface area (Å²) in [6.07, 6.45) is 2.11. The number of aryl methyl sites for hydroxylation is 2. The van der Waals surface area contributed by atoms with Crippen LogP contribution in [0, 0.1) is 0 Å². The topological polar surface area (TPSA) is 52.0 Å². The van der Waals surface area contributed by atoms with Crippen molar-refractivity contribution in [1.82, 2.24) is 0 Å². The monoisotopic (exact) mass is 192 g/mol. The molecule has 1 aromatic carbocycles. The Morgan fingerprint density at radius 3 is 1.93 bits per heavy atom. The predicted molar refractivity (Wildman–Crippen MR) is 61.2 cm³/mol. The van der Waals surface area contributed by atoms with E-state index in [9.17, 15) is 0 Å². The molecule has 0 radical (unpaired) electrons. The first-order valence-electron chi connectivity index (χ1n) is 5.29. The average Bonchev–Trinajstić information content (AvgIpc) is 2.27. The molecule has 0 aromatic heterocycles. The van der Waals surface area contributed by atoms with Crippen LogP contribution >= 0.6 is 0 Å². The lowest BCUT2D eigenvalue weighted by Crippen LogP contribution is -2.21. The maximum absolute atomic E-state index is 5.92. The van der Waals surface area contributed by atoms with Crippen molar-refractivity contribution in [2.75, 3.05) is 6.54 Å². The third-order valence-corrected chi connectivity index (χ3v) is 2.57. The largest absolute Gasteiger partial charge is 0.329 e. The van der Waals surface area contributed by atoms with E-state index in [1.165, 1.54) is 16.7 Å². The van der Waals surface area contributed by atoms with Gasteiger partial charge in [-0.1, -0.05) is 32.0 Å². The molecule has 0 aliphatic rings. The zero-order chi connectivity index (χ0) is 10.6. The molecule has 4 N–H and O–H groups in total. The van der Waals surface area contributed by atoms with E-state index in [0.717, 1.165) is 12.8 Å². The Morgan fingerprint density at radius 2 is 1.57 bits per heavy atom. The van der Waals surface area contributed by atoms with Crippen LogP contribution in [-0.4, -0.2) is 6.54 Å². The Morgan fingerprint density at radius 1 is 1.07 bits per heavy atom. The van der Waals surface area contributed by atoms with Gasteiger partial charge >= 0.3 is 0 Å². The molecule has 0 aliphatic carbocycles. The molecule has 0 saturated heterocycles. The van der Waals surface area contributed by atoms with Gasteiger partial charge in [0.05, 0.1) is 0 Å². The number of nitrogens with two attached hydrogens (primary N) is 2. The highest BCUT2D eigenvalue weighted by atomic mass is 14.7. The zero-order valence-electron chi connectivity index (χ0n) is 9.09. The van der Waals surface area contributed by atoms with Crippen LogP contribution in [0.15, 0.2) is 18.2 Å². The Labute approximate surface area is 86.3 Å². The Hall–Kier alpha value is -0.860. The average molecular weight is 192 g/mol. The molecule has 2 heteroatoms. The van der Waals surface area contributed by atoms with Gasteiger partial charge in [0.25, 0.3) is 0 Å². The fourth-order valence-corrected chi connectivity index (χ4v) is 1.55. The number of rotatable bonds is 4. The standard InChI is InChI=1S/C12H20N2/c1-3-9-5-10(4-2)7-11(6-9)12(14)8-13/h5-7,12H,3-4,8,13-14H2,1-2H3/t12-/m0/s1. The van der Waals surface area contributed by atoms with Crippen molar-refractivity contribution in [2.24, 2.45) is 11.5 Å². The first-order chi connectivity index (χ1) is 6.71. The molecule has 0 bridgehead atoms. The van der Waals surface area contributed by atoms with E-state index in [0.29, 0.717) is 6.54 Å². The molecule has 0 amide bonds. The van der Waals surface area contributed by atoms with E-state index in [2.05, 4.69) is 32.0 Å². The summed E-state index contributed by atoms with van der Waals surface area (Å²) in [6, 6.07) is 6.55. The van der Waals surface area contributed by atoms with Crippen molar-refractivity contribution in [1.29, 1.82) is 0 Å². The Kier molecular flexibility index (Phi) is 4.11. The van der Waals surface area contributed by atoms with Crippen LogP contribution in [0.5, 0.6) is 0 Å². The summed E-state index contributed by atoms with van der Waals surface area (Å²) in [5.41, 5.74) is 15.3. The summed E-state index contributed by atoms with van der Waals surface area (Å²) < 4.78 is 0. The van der Waals surface area contributed by atoms with Crippen LogP contribution in [0.3, 0.4) is 0 Å². The lowest BCUT2D eigenvalue weighted by atomic mass is 9.98. The second-order valence-electron chi connectivity index (χ2n) is 3.63. The van der Waals surface area contributed by atoms with Crippen LogP contribution < -0.4 is 11.5 Å². The second kappa shape index (κ2) is 5.13. The number of hydrogen-bond donors (Lipinski definition) is 2. The van der Waals surface area contributed by atoms with Gasteiger partial charge in [-0.25, -0.2) is 0 Å². The van der Waals surface area contributed by atoms with Gasteiger partial charge in [-0.3, -0.25) is 0 Å². The van der Waals surface area contributed by atoms with E-state index in [1.54, 1.807) is 0 Å². The van der Waals surface area contributed by atoms with Gasteiger partial charge in [0.2, 0.25) is 0 Å². The van der Waals surface area contributed by atoms with Crippen molar-refractivity contribution in [3.05, 3.63) is 34.9 Å². The zero-order valence-corrected chi connectivity index (χ0v) is 9.09.